The van der Waals surface area contributed by atoms with Crippen LogP contribution in [0.1, 0.15) is 25.3 Å². The summed E-state index contributed by atoms with van der Waals surface area (Å²) in [5.74, 6) is 1.62. The minimum absolute atomic E-state index is 0.389. The summed E-state index contributed by atoms with van der Waals surface area (Å²) in [6.45, 7) is 12.2. The number of methoxy groups -OCH3 is 1. The van der Waals surface area contributed by atoms with Crippen LogP contribution in [0.25, 0.3) is 5.69 Å². The van der Waals surface area contributed by atoms with Gasteiger partial charge in [0, 0.05) is 62.4 Å². The summed E-state index contributed by atoms with van der Waals surface area (Å²) in [5, 5.41) is 15.3. The van der Waals surface area contributed by atoms with E-state index in [1.54, 1.807) is 37.6 Å². The molecule has 13 heteroatoms. The molecule has 6 rings (SSSR count). The zero-order valence-electron chi connectivity index (χ0n) is 26.5. The summed E-state index contributed by atoms with van der Waals surface area (Å²) in [6.07, 6.45) is 7.97. The first kappa shape index (κ1) is 31.0. The van der Waals surface area contributed by atoms with Crippen LogP contribution in [0.5, 0.6) is 5.75 Å². The van der Waals surface area contributed by atoms with Crippen molar-refractivity contribution in [2.24, 2.45) is 0 Å². The van der Waals surface area contributed by atoms with Gasteiger partial charge in [-0.15, -0.1) is 0 Å². The number of para-hydroxylation sites is 1. The molecule has 2 aliphatic heterocycles. The van der Waals surface area contributed by atoms with Gasteiger partial charge in [0.25, 0.3) is 0 Å². The lowest BCUT2D eigenvalue weighted by Gasteiger charge is -2.41. The molecule has 0 unspecified atom stereocenters. The lowest BCUT2D eigenvalue weighted by molar-refractivity contribution is 0.150. The Morgan fingerprint density at radius 3 is 2.49 bits per heavy atom. The maximum Gasteiger partial charge on any atom is 0.229 e. The van der Waals surface area contributed by atoms with Crippen LogP contribution in [0, 0.1) is 0 Å². The van der Waals surface area contributed by atoms with Crippen molar-refractivity contribution >= 4 is 41.3 Å². The third-order valence-corrected chi connectivity index (χ3v) is 10.2. The van der Waals surface area contributed by atoms with Crippen molar-refractivity contribution in [3.05, 3.63) is 60.8 Å². The first-order chi connectivity index (χ1) is 21.8. The van der Waals surface area contributed by atoms with Gasteiger partial charge < -0.3 is 30.2 Å². The third kappa shape index (κ3) is 6.98. The Bertz CT molecular complexity index is 1640. The molecule has 2 aliphatic rings. The second-order valence-electron chi connectivity index (χ2n) is 11.9. The summed E-state index contributed by atoms with van der Waals surface area (Å²) in [6, 6.07) is 12.5. The highest BCUT2D eigenvalue weighted by Crippen LogP contribution is 2.39. The number of nitrogens with one attached hydrogen (secondary N) is 3. The lowest BCUT2D eigenvalue weighted by atomic mass is 9.99. The number of piperazine rings is 1. The molecule has 2 fully saturated rings. The van der Waals surface area contributed by atoms with Crippen LogP contribution >= 0.6 is 7.14 Å². The fourth-order valence-corrected chi connectivity index (χ4v) is 7.46. The van der Waals surface area contributed by atoms with Crippen molar-refractivity contribution in [1.82, 2.24) is 34.9 Å². The smallest absolute Gasteiger partial charge is 0.229 e. The van der Waals surface area contributed by atoms with Crippen LogP contribution in [0.3, 0.4) is 0 Å². The molecule has 4 heterocycles. The highest BCUT2D eigenvalue weighted by molar-refractivity contribution is 7.70. The van der Waals surface area contributed by atoms with Gasteiger partial charge in [-0.3, -0.25) is 4.90 Å². The zero-order chi connectivity index (χ0) is 31.4. The molecule has 0 amide bonds. The highest BCUT2D eigenvalue weighted by atomic mass is 31.2. The van der Waals surface area contributed by atoms with E-state index in [2.05, 4.69) is 59.9 Å². The predicted octanol–water partition coefficient (Wildman–Crippen LogP) is 4.24. The van der Waals surface area contributed by atoms with Crippen molar-refractivity contribution in [3.8, 4) is 11.4 Å². The summed E-state index contributed by atoms with van der Waals surface area (Å²) >= 11 is 0. The largest absolute Gasteiger partial charge is 0.494 e. The number of aromatic nitrogens is 5. The van der Waals surface area contributed by atoms with E-state index in [4.69, 9.17) is 9.72 Å². The summed E-state index contributed by atoms with van der Waals surface area (Å²) in [4.78, 5) is 18.7. The summed E-state index contributed by atoms with van der Waals surface area (Å²) < 4.78 is 20.6. The van der Waals surface area contributed by atoms with Gasteiger partial charge in [-0.05, 0) is 56.4 Å². The summed E-state index contributed by atoms with van der Waals surface area (Å²) in [5.41, 5.74) is 4.58. The normalized spacial score (nSPS) is 16.5. The van der Waals surface area contributed by atoms with Crippen molar-refractivity contribution in [3.63, 3.8) is 0 Å². The number of benzene rings is 2. The van der Waals surface area contributed by atoms with E-state index in [1.165, 1.54) is 30.4 Å². The van der Waals surface area contributed by atoms with Gasteiger partial charge in [0.1, 0.15) is 31.2 Å². The maximum absolute atomic E-state index is 13.1. The van der Waals surface area contributed by atoms with Crippen LogP contribution in [-0.4, -0.2) is 95.4 Å². The number of hydrogen-bond donors (Lipinski definition) is 3. The van der Waals surface area contributed by atoms with Gasteiger partial charge in [0.2, 0.25) is 5.95 Å². The third-order valence-electron chi connectivity index (χ3n) is 8.67. The standard InChI is InChI=1S/C32H43N10O2P/c1-5-23-18-26(29(44-2)19-27(23)41-14-10-24(11-15-41)40-16-12-33-13-17-40)38-32-35-20-28(42-22-34-21-36-42)31(39-32)37-25-8-6-7-9-30(25)45(3,4)43/h6-9,18-22,24,33H,5,10-17H2,1-4H3,(H2,35,37,38,39). The Kier molecular flexibility index (Phi) is 9.34. The number of hydrogen-bond acceptors (Lipinski definition) is 11. The molecule has 2 saturated heterocycles. The molecule has 0 saturated carbocycles. The van der Waals surface area contributed by atoms with E-state index in [-0.39, 0.29) is 0 Å². The highest BCUT2D eigenvalue weighted by Gasteiger charge is 2.27. The minimum Gasteiger partial charge on any atom is -0.494 e. The second kappa shape index (κ2) is 13.6. The van der Waals surface area contributed by atoms with E-state index in [0.29, 0.717) is 29.2 Å². The molecule has 3 N–H and O–H groups in total. The Labute approximate surface area is 265 Å². The quantitative estimate of drug-likeness (QED) is 0.218. The number of anilines is 5. The molecule has 0 radical (unpaired) electrons. The van der Waals surface area contributed by atoms with Gasteiger partial charge in [0.15, 0.2) is 5.82 Å². The zero-order valence-corrected chi connectivity index (χ0v) is 27.4. The van der Waals surface area contributed by atoms with Crippen LogP contribution < -0.4 is 30.9 Å². The Morgan fingerprint density at radius 2 is 1.80 bits per heavy atom. The predicted molar refractivity (Wildman–Crippen MR) is 181 cm³/mol. The maximum atomic E-state index is 13.1. The van der Waals surface area contributed by atoms with E-state index in [1.807, 2.05) is 24.3 Å². The molecule has 0 aliphatic carbocycles. The number of ether oxygens (including phenoxy) is 1. The fraction of sp³-hybridized carbons (Fsp3) is 0.438. The molecular weight excluding hydrogens is 587 g/mol. The fourth-order valence-electron chi connectivity index (χ4n) is 6.30. The topological polar surface area (TPSA) is 125 Å². The van der Waals surface area contributed by atoms with Gasteiger partial charge in [0.05, 0.1) is 24.7 Å². The average molecular weight is 631 g/mol. The van der Waals surface area contributed by atoms with Crippen LogP contribution in [0.2, 0.25) is 0 Å². The van der Waals surface area contributed by atoms with Crippen LogP contribution in [0.15, 0.2) is 55.2 Å². The van der Waals surface area contributed by atoms with Gasteiger partial charge in [-0.25, -0.2) is 14.6 Å². The van der Waals surface area contributed by atoms with Crippen LogP contribution in [-0.2, 0) is 11.0 Å². The molecule has 238 valence electrons. The average Bonchev–Trinajstić information content (AvgIpc) is 3.60. The van der Waals surface area contributed by atoms with Crippen molar-refractivity contribution in [2.75, 3.05) is 75.2 Å². The number of rotatable bonds is 10. The minimum atomic E-state index is -2.56. The molecule has 0 bridgehead atoms. The van der Waals surface area contributed by atoms with E-state index >= 15 is 0 Å². The van der Waals surface area contributed by atoms with Gasteiger partial charge >= 0.3 is 0 Å². The first-order valence-corrected chi connectivity index (χ1v) is 18.3. The SMILES string of the molecule is CCc1cc(Nc2ncc(-n3cncn3)c(Nc3ccccc3P(C)(C)=O)n2)c(OC)cc1N1CCC(N2CCNCC2)CC1. The molecule has 4 aromatic rings. The van der Waals surface area contributed by atoms with Crippen molar-refractivity contribution < 1.29 is 9.30 Å². The number of aryl methyl sites for hydroxylation is 1. The summed E-state index contributed by atoms with van der Waals surface area (Å²) in [7, 11) is -0.870. The molecule has 0 spiro atoms. The molecule has 2 aromatic carbocycles. The Morgan fingerprint density at radius 1 is 1.02 bits per heavy atom. The van der Waals surface area contributed by atoms with Gasteiger partial charge in [-0.2, -0.15) is 10.1 Å². The second-order valence-corrected chi connectivity index (χ2v) is 15.1. The number of nitrogens with zero attached hydrogens (tertiary/aromatic N) is 7. The van der Waals surface area contributed by atoms with Gasteiger partial charge in [-0.1, -0.05) is 19.1 Å². The van der Waals surface area contributed by atoms with E-state index in [9.17, 15) is 4.57 Å². The van der Waals surface area contributed by atoms with E-state index in [0.717, 1.165) is 62.4 Å². The molecule has 45 heavy (non-hydrogen) atoms. The molecule has 12 nitrogen and oxygen atoms in total. The number of piperidine rings is 1. The van der Waals surface area contributed by atoms with Crippen molar-refractivity contribution in [1.29, 1.82) is 0 Å². The lowest BCUT2D eigenvalue weighted by Crippen LogP contribution is -2.52. The van der Waals surface area contributed by atoms with Crippen LogP contribution in [0.4, 0.5) is 28.8 Å². The molecular formula is C32H43N10O2P. The monoisotopic (exact) mass is 630 g/mol. The van der Waals surface area contributed by atoms with E-state index < -0.39 is 7.14 Å². The molecule has 2 aromatic heterocycles. The Hall–Kier alpha value is -3.99. The molecule has 0 atom stereocenters. The first-order valence-electron chi connectivity index (χ1n) is 15.7. The van der Waals surface area contributed by atoms with Crippen molar-refractivity contribution in [2.45, 2.75) is 32.2 Å². The Balaban J connectivity index is 1.27.